The Bertz CT molecular complexity index is 975. The summed E-state index contributed by atoms with van der Waals surface area (Å²) in [6.07, 6.45) is 3.66. The Kier molecular flexibility index (Phi) is 3.67. The lowest BCUT2D eigenvalue weighted by molar-refractivity contribution is 0.923. The molecule has 0 fully saturated rings. The van der Waals surface area contributed by atoms with E-state index < -0.39 is 0 Å². The van der Waals surface area contributed by atoms with Crippen molar-refractivity contribution < 1.29 is 0 Å². The number of anilines is 1. The zero-order valence-electron chi connectivity index (χ0n) is 13.3. The van der Waals surface area contributed by atoms with Crippen LogP contribution in [0.3, 0.4) is 0 Å². The summed E-state index contributed by atoms with van der Waals surface area (Å²) in [6.45, 7) is 2.73. The quantitative estimate of drug-likeness (QED) is 0.624. The zero-order valence-corrected chi connectivity index (χ0v) is 13.3. The van der Waals surface area contributed by atoms with E-state index in [4.69, 9.17) is 0 Å². The highest BCUT2D eigenvalue weighted by Gasteiger charge is 2.09. The maximum absolute atomic E-state index is 4.68. The number of nitrogens with one attached hydrogen (secondary N) is 1. The fourth-order valence-corrected chi connectivity index (χ4v) is 2.70. The van der Waals surface area contributed by atoms with Crippen LogP contribution in [0, 0.1) is 6.92 Å². The van der Waals surface area contributed by atoms with Gasteiger partial charge in [-0.2, -0.15) is 0 Å². The van der Waals surface area contributed by atoms with Gasteiger partial charge in [-0.15, -0.1) is 5.10 Å². The lowest BCUT2D eigenvalue weighted by Crippen LogP contribution is -2.05. The Balaban J connectivity index is 1.67. The summed E-state index contributed by atoms with van der Waals surface area (Å²) < 4.78 is 1.88. The summed E-state index contributed by atoms with van der Waals surface area (Å²) in [7, 11) is 0. The van der Waals surface area contributed by atoms with Crippen LogP contribution in [0.25, 0.3) is 16.9 Å². The van der Waals surface area contributed by atoms with Gasteiger partial charge in [0.15, 0.2) is 5.65 Å². The minimum absolute atomic E-state index is 0.633. The third-order valence-electron chi connectivity index (χ3n) is 3.96. The van der Waals surface area contributed by atoms with Crippen molar-refractivity contribution >= 4 is 11.5 Å². The average molecular weight is 315 g/mol. The number of aryl methyl sites for hydroxylation is 1. The standard InChI is InChI=1S/C19H17N5/c1-14-6-2-3-8-16(14)17-13-22-19-10-9-18(23-24(17)19)21-12-15-7-4-5-11-20-15/h2-11,13H,12H2,1H3,(H,21,23). The number of hydrogen-bond donors (Lipinski definition) is 1. The molecule has 0 unspecified atom stereocenters. The van der Waals surface area contributed by atoms with Crippen molar-refractivity contribution in [2.45, 2.75) is 13.5 Å². The molecule has 0 spiro atoms. The fourth-order valence-electron chi connectivity index (χ4n) is 2.70. The number of rotatable bonds is 4. The molecule has 118 valence electrons. The lowest BCUT2D eigenvalue weighted by atomic mass is 10.1. The van der Waals surface area contributed by atoms with Gasteiger partial charge in [0.2, 0.25) is 0 Å². The van der Waals surface area contributed by atoms with E-state index >= 15 is 0 Å². The smallest absolute Gasteiger partial charge is 0.154 e. The number of pyridine rings is 1. The first-order valence-electron chi connectivity index (χ1n) is 7.86. The van der Waals surface area contributed by atoms with Crippen molar-refractivity contribution in [3.63, 3.8) is 0 Å². The Morgan fingerprint density at radius 1 is 0.958 bits per heavy atom. The number of imidazole rings is 1. The topological polar surface area (TPSA) is 55.1 Å². The summed E-state index contributed by atoms with van der Waals surface area (Å²) in [6, 6.07) is 18.0. The van der Waals surface area contributed by atoms with Gasteiger partial charge in [-0.3, -0.25) is 4.98 Å². The highest BCUT2D eigenvalue weighted by atomic mass is 15.3. The molecular weight excluding hydrogens is 298 g/mol. The second-order valence-corrected chi connectivity index (χ2v) is 5.62. The van der Waals surface area contributed by atoms with Crippen LogP contribution in [0.1, 0.15) is 11.3 Å². The molecule has 0 aliphatic rings. The molecule has 0 saturated carbocycles. The summed E-state index contributed by atoms with van der Waals surface area (Å²) in [5.41, 5.74) is 5.14. The second-order valence-electron chi connectivity index (χ2n) is 5.62. The predicted octanol–water partition coefficient (Wildman–Crippen LogP) is 3.71. The van der Waals surface area contributed by atoms with Gasteiger partial charge in [0.05, 0.1) is 24.1 Å². The van der Waals surface area contributed by atoms with E-state index in [1.54, 1.807) is 6.20 Å². The molecule has 0 aliphatic heterocycles. The Hall–Kier alpha value is -3.21. The number of hydrogen-bond acceptors (Lipinski definition) is 4. The predicted molar refractivity (Wildman–Crippen MR) is 94.7 cm³/mol. The van der Waals surface area contributed by atoms with Gasteiger partial charge in [0.1, 0.15) is 5.82 Å². The van der Waals surface area contributed by atoms with Gasteiger partial charge < -0.3 is 5.32 Å². The first-order valence-corrected chi connectivity index (χ1v) is 7.86. The molecule has 5 heteroatoms. The molecule has 0 bridgehead atoms. The van der Waals surface area contributed by atoms with E-state index in [9.17, 15) is 0 Å². The third-order valence-corrected chi connectivity index (χ3v) is 3.96. The molecule has 5 nitrogen and oxygen atoms in total. The first-order chi connectivity index (χ1) is 11.8. The molecule has 0 radical (unpaired) electrons. The largest absolute Gasteiger partial charge is 0.363 e. The van der Waals surface area contributed by atoms with Crippen molar-refractivity contribution in [3.8, 4) is 11.3 Å². The van der Waals surface area contributed by atoms with Crippen molar-refractivity contribution in [3.05, 3.63) is 78.2 Å². The summed E-state index contributed by atoms with van der Waals surface area (Å²) >= 11 is 0. The van der Waals surface area contributed by atoms with Crippen LogP contribution in [0.5, 0.6) is 0 Å². The molecule has 0 amide bonds. The Labute approximate surface area is 140 Å². The van der Waals surface area contributed by atoms with Crippen molar-refractivity contribution in [2.24, 2.45) is 0 Å². The molecule has 4 aromatic rings. The second kappa shape index (κ2) is 6.12. The van der Waals surface area contributed by atoms with Crippen LogP contribution in [-0.4, -0.2) is 19.6 Å². The summed E-state index contributed by atoms with van der Waals surface area (Å²) in [5, 5.41) is 8.00. The molecule has 0 saturated heterocycles. The van der Waals surface area contributed by atoms with E-state index in [2.05, 4.69) is 39.4 Å². The maximum atomic E-state index is 4.68. The lowest BCUT2D eigenvalue weighted by Gasteiger charge is -2.08. The summed E-state index contributed by atoms with van der Waals surface area (Å²) in [4.78, 5) is 8.77. The highest BCUT2D eigenvalue weighted by Crippen LogP contribution is 2.24. The highest BCUT2D eigenvalue weighted by molar-refractivity contribution is 5.66. The Morgan fingerprint density at radius 3 is 2.67 bits per heavy atom. The first kappa shape index (κ1) is 14.4. The van der Waals surface area contributed by atoms with Crippen LogP contribution in [-0.2, 0) is 6.54 Å². The maximum Gasteiger partial charge on any atom is 0.154 e. The van der Waals surface area contributed by atoms with E-state index in [-0.39, 0.29) is 0 Å². The van der Waals surface area contributed by atoms with Gasteiger partial charge in [0, 0.05) is 11.8 Å². The third kappa shape index (κ3) is 2.72. The van der Waals surface area contributed by atoms with Crippen LogP contribution in [0.15, 0.2) is 67.0 Å². The van der Waals surface area contributed by atoms with E-state index in [1.807, 2.05) is 53.2 Å². The zero-order chi connectivity index (χ0) is 16.4. The molecule has 1 aromatic carbocycles. The normalized spacial score (nSPS) is 10.9. The molecule has 24 heavy (non-hydrogen) atoms. The van der Waals surface area contributed by atoms with E-state index in [1.165, 1.54) is 5.56 Å². The van der Waals surface area contributed by atoms with Gasteiger partial charge in [-0.25, -0.2) is 9.50 Å². The number of benzene rings is 1. The molecule has 3 aromatic heterocycles. The number of nitrogens with zero attached hydrogens (tertiary/aromatic N) is 4. The number of fused-ring (bicyclic) bond motifs is 1. The van der Waals surface area contributed by atoms with Crippen LogP contribution < -0.4 is 5.32 Å². The van der Waals surface area contributed by atoms with Crippen molar-refractivity contribution in [1.82, 2.24) is 19.6 Å². The Morgan fingerprint density at radius 2 is 1.83 bits per heavy atom. The van der Waals surface area contributed by atoms with E-state index in [0.29, 0.717) is 6.54 Å². The van der Waals surface area contributed by atoms with E-state index in [0.717, 1.165) is 28.4 Å². The van der Waals surface area contributed by atoms with Crippen LogP contribution >= 0.6 is 0 Å². The average Bonchev–Trinajstić information content (AvgIpc) is 3.04. The monoisotopic (exact) mass is 315 g/mol. The molecule has 3 heterocycles. The fraction of sp³-hybridized carbons (Fsp3) is 0.105. The molecule has 4 rings (SSSR count). The SMILES string of the molecule is Cc1ccccc1-c1cnc2ccc(NCc3ccccn3)nn12. The molecule has 0 aliphatic carbocycles. The van der Waals surface area contributed by atoms with Crippen LogP contribution in [0.4, 0.5) is 5.82 Å². The molecule has 0 atom stereocenters. The van der Waals surface area contributed by atoms with Crippen molar-refractivity contribution in [1.29, 1.82) is 0 Å². The van der Waals surface area contributed by atoms with Crippen LogP contribution in [0.2, 0.25) is 0 Å². The van der Waals surface area contributed by atoms with Gasteiger partial charge in [-0.1, -0.05) is 30.3 Å². The minimum Gasteiger partial charge on any atom is -0.363 e. The van der Waals surface area contributed by atoms with Crippen molar-refractivity contribution in [2.75, 3.05) is 5.32 Å². The van der Waals surface area contributed by atoms with Gasteiger partial charge in [-0.05, 0) is 36.8 Å². The van der Waals surface area contributed by atoms with Gasteiger partial charge in [0.25, 0.3) is 0 Å². The summed E-state index contributed by atoms with van der Waals surface area (Å²) in [5.74, 6) is 0.793. The minimum atomic E-state index is 0.633. The molecule has 1 N–H and O–H groups in total. The number of aromatic nitrogens is 4. The molecular formula is C19H17N5. The van der Waals surface area contributed by atoms with Gasteiger partial charge >= 0.3 is 0 Å².